The van der Waals surface area contributed by atoms with Gasteiger partial charge in [-0.25, -0.2) is 9.67 Å². The van der Waals surface area contributed by atoms with Crippen LogP contribution >= 0.6 is 0 Å². The summed E-state index contributed by atoms with van der Waals surface area (Å²) >= 11 is 0. The van der Waals surface area contributed by atoms with Gasteiger partial charge in [-0.15, -0.1) is 0 Å². The van der Waals surface area contributed by atoms with Gasteiger partial charge in [0.15, 0.2) is 0 Å². The Kier molecular flexibility index (Phi) is 4.46. The Morgan fingerprint density at radius 3 is 2.80 bits per heavy atom. The quantitative estimate of drug-likeness (QED) is 0.697. The zero-order valence-electron chi connectivity index (χ0n) is 10.0. The second kappa shape index (κ2) is 5.63. The number of rotatable bonds is 5. The maximum atomic E-state index is 4.34. The van der Waals surface area contributed by atoms with Crippen molar-refractivity contribution in [3.63, 3.8) is 0 Å². The van der Waals surface area contributed by atoms with Gasteiger partial charge in [0.25, 0.3) is 0 Å². The summed E-state index contributed by atoms with van der Waals surface area (Å²) in [5.74, 6) is 1.23. The van der Waals surface area contributed by atoms with Crippen LogP contribution in [0.5, 0.6) is 0 Å². The van der Waals surface area contributed by atoms with Crippen molar-refractivity contribution >= 4 is 6.21 Å². The van der Waals surface area contributed by atoms with Crippen molar-refractivity contribution in [1.82, 2.24) is 14.8 Å². The summed E-state index contributed by atoms with van der Waals surface area (Å²) < 4.78 is 1.95. The van der Waals surface area contributed by atoms with E-state index in [1.165, 1.54) is 0 Å². The van der Waals surface area contributed by atoms with Crippen LogP contribution in [-0.4, -0.2) is 27.5 Å². The Morgan fingerprint density at radius 2 is 2.20 bits per heavy atom. The Balaban J connectivity index is 2.72. The normalized spacial score (nSPS) is 13.9. The third-order valence-electron chi connectivity index (χ3n) is 2.18. The van der Waals surface area contributed by atoms with Gasteiger partial charge in [-0.3, -0.25) is 4.99 Å². The summed E-state index contributed by atoms with van der Waals surface area (Å²) in [6.07, 6.45) is 4.66. The molecule has 0 saturated heterocycles. The van der Waals surface area contributed by atoms with Crippen molar-refractivity contribution in [1.29, 1.82) is 0 Å². The van der Waals surface area contributed by atoms with E-state index in [-0.39, 0.29) is 5.92 Å². The minimum atomic E-state index is 0.237. The molecule has 1 atom stereocenters. The van der Waals surface area contributed by atoms with Crippen LogP contribution in [0.1, 0.15) is 51.9 Å². The highest BCUT2D eigenvalue weighted by molar-refractivity contribution is 5.65. The Labute approximate surface area is 91.4 Å². The first-order chi connectivity index (χ1) is 7.16. The van der Waals surface area contributed by atoms with E-state index in [2.05, 4.69) is 42.8 Å². The lowest BCUT2D eigenvalue weighted by Crippen LogP contribution is -2.11. The van der Waals surface area contributed by atoms with E-state index in [1.807, 2.05) is 10.9 Å². The molecule has 4 heteroatoms. The molecule has 1 rings (SSSR count). The summed E-state index contributed by atoms with van der Waals surface area (Å²) in [5, 5.41) is 4.21. The summed E-state index contributed by atoms with van der Waals surface area (Å²) in [6, 6.07) is 0.351. The Bertz CT molecular complexity index is 314. The van der Waals surface area contributed by atoms with Crippen molar-refractivity contribution < 1.29 is 0 Å². The maximum Gasteiger partial charge on any atom is 0.138 e. The molecule has 0 aliphatic carbocycles. The molecule has 0 saturated carbocycles. The third kappa shape index (κ3) is 3.15. The van der Waals surface area contributed by atoms with Crippen molar-refractivity contribution in [2.75, 3.05) is 6.54 Å². The van der Waals surface area contributed by atoms with Gasteiger partial charge in [0.1, 0.15) is 12.2 Å². The number of nitrogens with zero attached hydrogens (tertiary/aromatic N) is 4. The highest BCUT2D eigenvalue weighted by Crippen LogP contribution is 2.13. The molecular weight excluding hydrogens is 188 g/mol. The molecular formula is C11H20N4. The summed E-state index contributed by atoms with van der Waals surface area (Å²) in [5.41, 5.74) is 0. The molecule has 1 heterocycles. The van der Waals surface area contributed by atoms with Crippen LogP contribution < -0.4 is 0 Å². The smallest absolute Gasteiger partial charge is 0.138 e. The largest absolute Gasteiger partial charge is 0.297 e. The fraction of sp³-hybridized carbons (Fsp3) is 0.727. The lowest BCUT2D eigenvalue weighted by molar-refractivity contribution is 0.503. The van der Waals surface area contributed by atoms with E-state index >= 15 is 0 Å². The van der Waals surface area contributed by atoms with Crippen LogP contribution in [0.2, 0.25) is 0 Å². The molecule has 0 aliphatic heterocycles. The molecule has 4 nitrogen and oxygen atoms in total. The standard InChI is InChI=1S/C11H20N4/c1-5-6-12-7-10(4)11-13-8-14-15(11)9(2)3/h7-10H,5-6H2,1-4H3. The lowest BCUT2D eigenvalue weighted by atomic mass is 10.2. The molecule has 0 radical (unpaired) electrons. The lowest BCUT2D eigenvalue weighted by Gasteiger charge is -2.11. The fourth-order valence-electron chi connectivity index (χ4n) is 1.41. The zero-order valence-corrected chi connectivity index (χ0v) is 10.0. The van der Waals surface area contributed by atoms with E-state index < -0.39 is 0 Å². The number of aliphatic imine (C=N–C) groups is 1. The zero-order chi connectivity index (χ0) is 11.3. The molecule has 0 amide bonds. The van der Waals surface area contributed by atoms with Gasteiger partial charge >= 0.3 is 0 Å². The third-order valence-corrected chi connectivity index (χ3v) is 2.18. The van der Waals surface area contributed by atoms with Crippen molar-refractivity contribution in [2.45, 2.75) is 46.1 Å². The highest BCUT2D eigenvalue weighted by atomic mass is 15.3. The first-order valence-electron chi connectivity index (χ1n) is 5.56. The summed E-state index contributed by atoms with van der Waals surface area (Å²) in [7, 11) is 0. The van der Waals surface area contributed by atoms with Crippen LogP contribution in [0, 0.1) is 0 Å². The molecule has 0 fully saturated rings. The Hall–Kier alpha value is -1.19. The van der Waals surface area contributed by atoms with Crippen LogP contribution in [0.15, 0.2) is 11.3 Å². The monoisotopic (exact) mass is 208 g/mol. The van der Waals surface area contributed by atoms with E-state index in [1.54, 1.807) is 6.33 Å². The van der Waals surface area contributed by atoms with Gasteiger partial charge in [0, 0.05) is 18.8 Å². The van der Waals surface area contributed by atoms with Gasteiger partial charge in [0.05, 0.1) is 5.92 Å². The van der Waals surface area contributed by atoms with Crippen molar-refractivity contribution in [3.05, 3.63) is 12.2 Å². The maximum absolute atomic E-state index is 4.34. The summed E-state index contributed by atoms with van der Waals surface area (Å²) in [6.45, 7) is 9.32. The van der Waals surface area contributed by atoms with Gasteiger partial charge in [-0.2, -0.15) is 5.10 Å². The van der Waals surface area contributed by atoms with E-state index in [9.17, 15) is 0 Å². The fourth-order valence-corrected chi connectivity index (χ4v) is 1.41. The van der Waals surface area contributed by atoms with E-state index in [4.69, 9.17) is 0 Å². The molecule has 1 aromatic heterocycles. The molecule has 1 unspecified atom stereocenters. The second-order valence-corrected chi connectivity index (χ2v) is 4.00. The minimum absolute atomic E-state index is 0.237. The number of hydrogen-bond acceptors (Lipinski definition) is 3. The van der Waals surface area contributed by atoms with Crippen molar-refractivity contribution in [3.8, 4) is 0 Å². The van der Waals surface area contributed by atoms with Gasteiger partial charge in [0.2, 0.25) is 0 Å². The minimum Gasteiger partial charge on any atom is -0.297 e. The van der Waals surface area contributed by atoms with Crippen molar-refractivity contribution in [2.24, 2.45) is 4.99 Å². The first-order valence-corrected chi connectivity index (χ1v) is 5.56. The number of hydrogen-bond donors (Lipinski definition) is 0. The highest BCUT2D eigenvalue weighted by Gasteiger charge is 2.12. The molecule has 0 spiro atoms. The van der Waals surface area contributed by atoms with Crippen LogP contribution in [0.25, 0.3) is 0 Å². The first kappa shape index (κ1) is 11.9. The average Bonchev–Trinajstić information content (AvgIpc) is 2.66. The van der Waals surface area contributed by atoms with Gasteiger partial charge in [-0.1, -0.05) is 13.8 Å². The van der Waals surface area contributed by atoms with Gasteiger partial charge in [-0.05, 0) is 20.3 Å². The molecule has 84 valence electrons. The van der Waals surface area contributed by atoms with Crippen LogP contribution in [0.3, 0.4) is 0 Å². The van der Waals surface area contributed by atoms with E-state index in [0.717, 1.165) is 18.8 Å². The van der Waals surface area contributed by atoms with Crippen LogP contribution in [0.4, 0.5) is 0 Å². The molecule has 0 aliphatic rings. The van der Waals surface area contributed by atoms with Crippen LogP contribution in [-0.2, 0) is 0 Å². The predicted molar refractivity (Wildman–Crippen MR) is 62.5 cm³/mol. The SMILES string of the molecule is CCCN=CC(C)c1ncnn1C(C)C. The average molecular weight is 208 g/mol. The summed E-state index contributed by atoms with van der Waals surface area (Å²) in [4.78, 5) is 8.62. The molecule has 0 aromatic carbocycles. The molecule has 0 N–H and O–H groups in total. The molecule has 1 aromatic rings. The van der Waals surface area contributed by atoms with Gasteiger partial charge < -0.3 is 0 Å². The predicted octanol–water partition coefficient (Wildman–Crippen LogP) is 2.44. The second-order valence-electron chi connectivity index (χ2n) is 4.00. The molecule has 15 heavy (non-hydrogen) atoms. The number of aromatic nitrogens is 3. The topological polar surface area (TPSA) is 43.1 Å². The Morgan fingerprint density at radius 1 is 1.47 bits per heavy atom. The van der Waals surface area contributed by atoms with E-state index in [0.29, 0.717) is 6.04 Å². The molecule has 0 bridgehead atoms.